The number of nitro benzene ring substituents is 1. The maximum absolute atomic E-state index is 10.8. The third kappa shape index (κ3) is 2.97. The third-order valence-corrected chi connectivity index (χ3v) is 3.97. The number of benzene rings is 1. The van der Waals surface area contributed by atoms with Gasteiger partial charge in [0.05, 0.1) is 16.0 Å². The molecule has 0 radical (unpaired) electrons. The van der Waals surface area contributed by atoms with E-state index in [1.165, 1.54) is 18.6 Å². The first kappa shape index (κ1) is 13.8. The minimum Gasteiger partial charge on any atom is -0.352 e. The van der Waals surface area contributed by atoms with Crippen LogP contribution in [-0.4, -0.2) is 45.5 Å². The minimum atomic E-state index is -0.395. The van der Waals surface area contributed by atoms with Crippen molar-refractivity contribution in [2.75, 3.05) is 25.0 Å². The zero-order valence-corrected chi connectivity index (χ0v) is 12.0. The van der Waals surface area contributed by atoms with Crippen molar-refractivity contribution in [3.63, 3.8) is 0 Å². The van der Waals surface area contributed by atoms with Crippen LogP contribution in [0.3, 0.4) is 0 Å². The summed E-state index contributed by atoms with van der Waals surface area (Å²) >= 11 is 0. The Morgan fingerprint density at radius 3 is 3.19 bits per heavy atom. The fourth-order valence-electron chi connectivity index (χ4n) is 2.83. The lowest BCUT2D eigenvalue weighted by atomic mass is 10.1. The summed E-state index contributed by atoms with van der Waals surface area (Å²) in [5.74, 6) is 0.688. The van der Waals surface area contributed by atoms with Crippen molar-refractivity contribution < 1.29 is 4.92 Å². The van der Waals surface area contributed by atoms with Gasteiger partial charge in [-0.3, -0.25) is 10.1 Å². The van der Waals surface area contributed by atoms with Gasteiger partial charge in [-0.25, -0.2) is 4.98 Å². The smallest absolute Gasteiger partial charge is 0.271 e. The number of aromatic amines is 1. The first-order chi connectivity index (χ1) is 10.2. The molecule has 0 bridgehead atoms. The average Bonchev–Trinajstić information content (AvgIpc) is 2.88. The van der Waals surface area contributed by atoms with Gasteiger partial charge in [-0.15, -0.1) is 0 Å². The number of nitrogens with zero attached hydrogens (tertiary/aromatic N) is 3. The van der Waals surface area contributed by atoms with Gasteiger partial charge in [-0.1, -0.05) is 6.92 Å². The lowest BCUT2D eigenvalue weighted by molar-refractivity contribution is -0.384. The number of piperidine rings is 1. The van der Waals surface area contributed by atoms with Crippen LogP contribution in [0.15, 0.2) is 18.2 Å². The van der Waals surface area contributed by atoms with Gasteiger partial charge in [0.25, 0.3) is 5.69 Å². The van der Waals surface area contributed by atoms with E-state index in [1.54, 1.807) is 6.07 Å². The summed E-state index contributed by atoms with van der Waals surface area (Å²) in [7, 11) is 0. The Morgan fingerprint density at radius 1 is 1.57 bits per heavy atom. The summed E-state index contributed by atoms with van der Waals surface area (Å²) in [5, 5.41) is 14.2. The highest BCUT2D eigenvalue weighted by atomic mass is 16.6. The SMILES string of the molecule is CCN1CCCC(Nc2nc3ccc([N+](=O)[O-])cc3[nH]2)C1. The monoisotopic (exact) mass is 289 g/mol. The van der Waals surface area contributed by atoms with Gasteiger partial charge in [0, 0.05) is 24.7 Å². The lowest BCUT2D eigenvalue weighted by Gasteiger charge is -2.32. The number of H-pyrrole nitrogens is 1. The molecule has 1 unspecified atom stereocenters. The van der Waals surface area contributed by atoms with Gasteiger partial charge in [0.2, 0.25) is 5.95 Å². The van der Waals surface area contributed by atoms with Crippen LogP contribution in [0.5, 0.6) is 0 Å². The second-order valence-corrected chi connectivity index (χ2v) is 5.42. The number of nitro groups is 1. The topological polar surface area (TPSA) is 87.1 Å². The Hall–Kier alpha value is -2.15. The van der Waals surface area contributed by atoms with E-state index in [1.807, 2.05) is 0 Å². The van der Waals surface area contributed by atoms with Crippen molar-refractivity contribution in [1.82, 2.24) is 14.9 Å². The molecule has 7 nitrogen and oxygen atoms in total. The molecule has 2 aromatic rings. The fourth-order valence-corrected chi connectivity index (χ4v) is 2.83. The van der Waals surface area contributed by atoms with Crippen LogP contribution in [0.4, 0.5) is 11.6 Å². The molecule has 1 aromatic carbocycles. The quantitative estimate of drug-likeness (QED) is 0.666. The van der Waals surface area contributed by atoms with Gasteiger partial charge in [0.1, 0.15) is 0 Å². The number of likely N-dealkylation sites (tertiary alicyclic amines) is 1. The number of nitrogens with one attached hydrogen (secondary N) is 2. The summed E-state index contributed by atoms with van der Waals surface area (Å²) in [4.78, 5) is 20.4. The molecule has 0 amide bonds. The molecule has 1 aromatic heterocycles. The molecule has 1 atom stereocenters. The molecule has 3 rings (SSSR count). The zero-order valence-electron chi connectivity index (χ0n) is 12.0. The number of hydrogen-bond acceptors (Lipinski definition) is 5. The van der Waals surface area contributed by atoms with Crippen molar-refractivity contribution in [2.24, 2.45) is 0 Å². The summed E-state index contributed by atoms with van der Waals surface area (Å²) in [5.41, 5.74) is 1.51. The second kappa shape index (κ2) is 5.69. The number of hydrogen-bond donors (Lipinski definition) is 2. The number of aromatic nitrogens is 2. The summed E-state index contributed by atoms with van der Waals surface area (Å²) in [6.07, 6.45) is 2.30. The normalized spacial score (nSPS) is 19.8. The number of fused-ring (bicyclic) bond motifs is 1. The molecule has 112 valence electrons. The summed E-state index contributed by atoms with van der Waals surface area (Å²) < 4.78 is 0. The van der Waals surface area contributed by atoms with Crippen molar-refractivity contribution >= 4 is 22.7 Å². The highest BCUT2D eigenvalue weighted by Crippen LogP contribution is 2.21. The number of non-ortho nitro benzene ring substituents is 1. The number of likely N-dealkylation sites (N-methyl/N-ethyl adjacent to an activating group) is 1. The molecule has 1 aliphatic rings. The van der Waals surface area contributed by atoms with Crippen LogP contribution in [0, 0.1) is 10.1 Å². The molecule has 1 aliphatic heterocycles. The molecule has 2 heterocycles. The molecule has 21 heavy (non-hydrogen) atoms. The van der Waals surface area contributed by atoms with Gasteiger partial charge in [-0.2, -0.15) is 0 Å². The Kier molecular flexibility index (Phi) is 3.74. The van der Waals surface area contributed by atoms with Crippen LogP contribution in [0.25, 0.3) is 11.0 Å². The van der Waals surface area contributed by atoms with E-state index in [-0.39, 0.29) is 5.69 Å². The lowest BCUT2D eigenvalue weighted by Crippen LogP contribution is -2.42. The van der Waals surface area contributed by atoms with Crippen molar-refractivity contribution in [3.8, 4) is 0 Å². The molecular formula is C14H19N5O2. The number of rotatable bonds is 4. The molecule has 0 aliphatic carbocycles. The Labute approximate surface area is 122 Å². The molecule has 0 saturated carbocycles. The third-order valence-electron chi connectivity index (χ3n) is 3.97. The maximum atomic E-state index is 10.8. The van der Waals surface area contributed by atoms with Crippen molar-refractivity contribution in [2.45, 2.75) is 25.8 Å². The van der Waals surface area contributed by atoms with E-state index >= 15 is 0 Å². The van der Waals surface area contributed by atoms with Crippen LogP contribution >= 0.6 is 0 Å². The summed E-state index contributed by atoms with van der Waals surface area (Å²) in [6, 6.07) is 5.04. The second-order valence-electron chi connectivity index (χ2n) is 5.42. The molecule has 7 heteroatoms. The van der Waals surface area contributed by atoms with Crippen LogP contribution in [0.1, 0.15) is 19.8 Å². The Morgan fingerprint density at radius 2 is 2.43 bits per heavy atom. The van der Waals surface area contributed by atoms with E-state index in [0.717, 1.165) is 31.6 Å². The van der Waals surface area contributed by atoms with E-state index in [2.05, 4.69) is 27.1 Å². The molecule has 2 N–H and O–H groups in total. The Balaban J connectivity index is 1.76. The standard InChI is InChI=1S/C14H19N5O2/c1-2-18-7-3-4-10(9-18)15-14-16-12-6-5-11(19(20)21)8-13(12)17-14/h5-6,8,10H,2-4,7,9H2,1H3,(H2,15,16,17). The highest BCUT2D eigenvalue weighted by molar-refractivity contribution is 5.79. The Bertz CT molecular complexity index is 654. The van der Waals surface area contributed by atoms with Gasteiger partial charge < -0.3 is 15.2 Å². The average molecular weight is 289 g/mol. The van der Waals surface area contributed by atoms with Gasteiger partial charge in [-0.05, 0) is 32.0 Å². The van der Waals surface area contributed by atoms with Crippen molar-refractivity contribution in [3.05, 3.63) is 28.3 Å². The van der Waals surface area contributed by atoms with Crippen LogP contribution < -0.4 is 5.32 Å². The first-order valence-electron chi connectivity index (χ1n) is 7.28. The van der Waals surface area contributed by atoms with E-state index in [4.69, 9.17) is 0 Å². The zero-order chi connectivity index (χ0) is 14.8. The van der Waals surface area contributed by atoms with E-state index in [0.29, 0.717) is 17.5 Å². The van der Waals surface area contributed by atoms with Crippen LogP contribution in [0.2, 0.25) is 0 Å². The predicted molar refractivity (Wildman–Crippen MR) is 81.5 cm³/mol. The molecular weight excluding hydrogens is 270 g/mol. The van der Waals surface area contributed by atoms with Crippen LogP contribution in [-0.2, 0) is 0 Å². The van der Waals surface area contributed by atoms with E-state index in [9.17, 15) is 10.1 Å². The molecule has 1 saturated heterocycles. The van der Waals surface area contributed by atoms with Gasteiger partial charge in [0.15, 0.2) is 0 Å². The van der Waals surface area contributed by atoms with E-state index < -0.39 is 4.92 Å². The van der Waals surface area contributed by atoms with Gasteiger partial charge >= 0.3 is 0 Å². The number of imidazole rings is 1. The maximum Gasteiger partial charge on any atom is 0.271 e. The summed E-state index contributed by atoms with van der Waals surface area (Å²) in [6.45, 7) is 5.39. The first-order valence-corrected chi connectivity index (χ1v) is 7.28. The highest BCUT2D eigenvalue weighted by Gasteiger charge is 2.19. The minimum absolute atomic E-state index is 0.0764. The number of anilines is 1. The predicted octanol–water partition coefficient (Wildman–Crippen LogP) is 2.37. The largest absolute Gasteiger partial charge is 0.352 e. The van der Waals surface area contributed by atoms with Crippen molar-refractivity contribution in [1.29, 1.82) is 0 Å². The molecule has 1 fully saturated rings. The fraction of sp³-hybridized carbons (Fsp3) is 0.500. The molecule has 0 spiro atoms.